The Morgan fingerprint density at radius 3 is 2.26 bits per heavy atom. The Balaban J connectivity index is 1.21. The Bertz CT molecular complexity index is 1080. The van der Waals surface area contributed by atoms with Crippen LogP contribution in [0.5, 0.6) is 0 Å². The number of likely N-dealkylation sites (tertiary alicyclic amines) is 1. The molecule has 35 heavy (non-hydrogen) atoms. The number of nitrogens with zero attached hydrogens (tertiary/aromatic N) is 1. The molecule has 2 aliphatic carbocycles. The van der Waals surface area contributed by atoms with Gasteiger partial charge in [-0.1, -0.05) is 61.4 Å². The molecule has 184 valence electrons. The van der Waals surface area contributed by atoms with Gasteiger partial charge in [-0.25, -0.2) is 9.59 Å². The third-order valence-corrected chi connectivity index (χ3v) is 7.35. The van der Waals surface area contributed by atoms with E-state index in [0.29, 0.717) is 12.3 Å². The van der Waals surface area contributed by atoms with E-state index in [0.717, 1.165) is 35.1 Å². The minimum Gasteiger partial charge on any atom is -0.480 e. The second-order valence-corrected chi connectivity index (χ2v) is 9.82. The number of alkyl carbamates (subject to hydrolysis) is 1. The molecule has 1 saturated heterocycles. The van der Waals surface area contributed by atoms with Crippen LogP contribution in [0.4, 0.5) is 4.79 Å². The molecule has 1 unspecified atom stereocenters. The molecule has 1 saturated carbocycles. The number of ether oxygens (including phenoxy) is 1. The standard InChI is InChI=1S/C27H30N2O6/c30-18-12-24(26(32)33)29(14-18)25(31)17(11-16-9-10-16)13-28-27(34)35-15-23-21-7-3-1-5-19(21)20-6-2-4-8-22(20)23/h1-8,16-18,23-24,30H,9-15H2,(H,28,34)(H,32,33)/t17?,18-,24-/m1/s1. The summed E-state index contributed by atoms with van der Waals surface area (Å²) < 4.78 is 5.58. The van der Waals surface area contributed by atoms with Gasteiger partial charge in [-0.2, -0.15) is 0 Å². The number of benzene rings is 2. The number of aliphatic hydroxyl groups excluding tert-OH is 1. The Morgan fingerprint density at radius 1 is 1.03 bits per heavy atom. The molecule has 0 spiro atoms. The number of carboxylic acids is 1. The van der Waals surface area contributed by atoms with Gasteiger partial charge < -0.3 is 25.2 Å². The third kappa shape index (κ3) is 4.89. The Morgan fingerprint density at radius 2 is 1.66 bits per heavy atom. The Hall–Kier alpha value is -3.39. The fraction of sp³-hybridized carbons (Fsp3) is 0.444. The predicted molar refractivity (Wildman–Crippen MR) is 128 cm³/mol. The normalized spacial score (nSPS) is 21.8. The molecule has 8 nitrogen and oxygen atoms in total. The first-order valence-corrected chi connectivity index (χ1v) is 12.2. The van der Waals surface area contributed by atoms with Crippen LogP contribution in [0, 0.1) is 11.8 Å². The van der Waals surface area contributed by atoms with E-state index in [1.54, 1.807) is 0 Å². The van der Waals surface area contributed by atoms with E-state index in [4.69, 9.17) is 4.74 Å². The molecule has 0 aromatic heterocycles. The van der Waals surface area contributed by atoms with Crippen molar-refractivity contribution in [1.29, 1.82) is 0 Å². The monoisotopic (exact) mass is 478 g/mol. The van der Waals surface area contributed by atoms with Gasteiger partial charge in [0.25, 0.3) is 0 Å². The van der Waals surface area contributed by atoms with Crippen molar-refractivity contribution < 1.29 is 29.3 Å². The molecule has 1 heterocycles. The smallest absolute Gasteiger partial charge is 0.407 e. The minimum atomic E-state index is -1.12. The van der Waals surface area contributed by atoms with Crippen molar-refractivity contribution in [2.75, 3.05) is 19.7 Å². The second kappa shape index (κ2) is 9.70. The molecule has 0 bridgehead atoms. The summed E-state index contributed by atoms with van der Waals surface area (Å²) >= 11 is 0. The number of rotatable bonds is 8. The van der Waals surface area contributed by atoms with Crippen molar-refractivity contribution in [2.24, 2.45) is 11.8 Å². The molecule has 3 aliphatic rings. The van der Waals surface area contributed by atoms with Crippen LogP contribution in [0.3, 0.4) is 0 Å². The molecule has 2 aromatic rings. The third-order valence-electron chi connectivity index (χ3n) is 7.35. The van der Waals surface area contributed by atoms with Crippen LogP contribution in [0.25, 0.3) is 11.1 Å². The summed E-state index contributed by atoms with van der Waals surface area (Å²) in [5.41, 5.74) is 4.53. The number of nitrogens with one attached hydrogen (secondary N) is 1. The van der Waals surface area contributed by atoms with Gasteiger partial charge in [0.15, 0.2) is 0 Å². The van der Waals surface area contributed by atoms with Crippen molar-refractivity contribution in [2.45, 2.75) is 43.7 Å². The first-order valence-electron chi connectivity index (χ1n) is 12.2. The second-order valence-electron chi connectivity index (χ2n) is 9.82. The van der Waals surface area contributed by atoms with Crippen LogP contribution < -0.4 is 5.32 Å². The van der Waals surface area contributed by atoms with Crippen LogP contribution in [0.2, 0.25) is 0 Å². The SMILES string of the molecule is O=C(NCC(CC1CC1)C(=O)N1C[C@H](O)C[C@@H]1C(=O)O)OCC1c2ccccc2-c2ccccc21. The fourth-order valence-corrected chi connectivity index (χ4v) is 5.41. The highest BCUT2D eigenvalue weighted by molar-refractivity contribution is 5.86. The lowest BCUT2D eigenvalue weighted by Gasteiger charge is -2.27. The number of fused-ring (bicyclic) bond motifs is 3. The van der Waals surface area contributed by atoms with Crippen LogP contribution in [0.1, 0.15) is 42.7 Å². The van der Waals surface area contributed by atoms with Crippen molar-refractivity contribution in [1.82, 2.24) is 10.2 Å². The van der Waals surface area contributed by atoms with Gasteiger partial charge in [-0.15, -0.1) is 0 Å². The molecule has 8 heteroatoms. The lowest BCUT2D eigenvalue weighted by Crippen LogP contribution is -2.46. The lowest BCUT2D eigenvalue weighted by molar-refractivity contribution is -0.150. The van der Waals surface area contributed by atoms with Gasteiger partial charge in [0.05, 0.1) is 12.0 Å². The number of carbonyl (C=O) groups is 3. The number of β-amino-alcohol motifs (C(OH)–C–C–N with tert-alkyl or cyclic N) is 1. The molecule has 1 aliphatic heterocycles. The maximum atomic E-state index is 13.2. The number of amides is 2. The van der Waals surface area contributed by atoms with E-state index in [1.807, 2.05) is 24.3 Å². The highest BCUT2D eigenvalue weighted by Gasteiger charge is 2.42. The predicted octanol–water partition coefficient (Wildman–Crippen LogP) is 2.99. The van der Waals surface area contributed by atoms with Crippen molar-refractivity contribution in [3.05, 3.63) is 59.7 Å². The summed E-state index contributed by atoms with van der Waals surface area (Å²) in [6.07, 6.45) is 1.21. The lowest BCUT2D eigenvalue weighted by atomic mass is 9.98. The zero-order valence-corrected chi connectivity index (χ0v) is 19.4. The van der Waals surface area contributed by atoms with E-state index in [2.05, 4.69) is 29.6 Å². The van der Waals surface area contributed by atoms with E-state index < -0.39 is 30.1 Å². The van der Waals surface area contributed by atoms with Crippen molar-refractivity contribution in [3.8, 4) is 11.1 Å². The largest absolute Gasteiger partial charge is 0.480 e. The average molecular weight is 479 g/mol. The molecule has 2 aromatic carbocycles. The van der Waals surface area contributed by atoms with Gasteiger partial charge in [0.2, 0.25) is 5.91 Å². The van der Waals surface area contributed by atoms with Crippen molar-refractivity contribution >= 4 is 18.0 Å². The number of carbonyl (C=O) groups excluding carboxylic acids is 2. The number of carboxylic acid groups (broad SMARTS) is 1. The van der Waals surface area contributed by atoms with Gasteiger partial charge in [0, 0.05) is 25.4 Å². The van der Waals surface area contributed by atoms with Gasteiger partial charge in [-0.05, 0) is 34.6 Å². The zero-order valence-electron chi connectivity index (χ0n) is 19.4. The highest BCUT2D eigenvalue weighted by atomic mass is 16.5. The average Bonchev–Trinajstić information content (AvgIpc) is 3.50. The number of aliphatic carboxylic acids is 1. The number of aliphatic hydroxyl groups is 1. The van der Waals surface area contributed by atoms with Crippen LogP contribution in [-0.4, -0.2) is 64.9 Å². The summed E-state index contributed by atoms with van der Waals surface area (Å²) in [7, 11) is 0. The molecule has 3 atom stereocenters. The van der Waals surface area contributed by atoms with Crippen molar-refractivity contribution in [3.63, 3.8) is 0 Å². The molecule has 3 N–H and O–H groups in total. The zero-order chi connectivity index (χ0) is 24.5. The van der Waals surface area contributed by atoms with E-state index in [9.17, 15) is 24.6 Å². The first kappa shape index (κ1) is 23.4. The summed E-state index contributed by atoms with van der Waals surface area (Å²) in [5.74, 6) is -1.65. The van der Waals surface area contributed by atoms with Crippen LogP contribution >= 0.6 is 0 Å². The highest BCUT2D eigenvalue weighted by Crippen LogP contribution is 2.44. The maximum Gasteiger partial charge on any atom is 0.407 e. The van der Waals surface area contributed by atoms with Gasteiger partial charge in [0.1, 0.15) is 12.6 Å². The summed E-state index contributed by atoms with van der Waals surface area (Å²) in [4.78, 5) is 38.6. The van der Waals surface area contributed by atoms with Crippen LogP contribution in [-0.2, 0) is 14.3 Å². The Labute approximate surface area is 203 Å². The maximum absolute atomic E-state index is 13.2. The molecule has 2 amide bonds. The van der Waals surface area contributed by atoms with Gasteiger partial charge in [-0.3, -0.25) is 4.79 Å². The van der Waals surface area contributed by atoms with E-state index in [1.165, 1.54) is 4.90 Å². The number of hydrogen-bond acceptors (Lipinski definition) is 5. The summed E-state index contributed by atoms with van der Waals surface area (Å²) in [5, 5.41) is 22.1. The van der Waals surface area contributed by atoms with E-state index >= 15 is 0 Å². The molecule has 5 rings (SSSR count). The van der Waals surface area contributed by atoms with Gasteiger partial charge >= 0.3 is 12.1 Å². The van der Waals surface area contributed by atoms with E-state index in [-0.39, 0.29) is 37.9 Å². The summed E-state index contributed by atoms with van der Waals surface area (Å²) in [6.45, 7) is 0.257. The number of hydrogen-bond donors (Lipinski definition) is 3. The minimum absolute atomic E-state index is 0.00190. The quantitative estimate of drug-likeness (QED) is 0.537. The topological polar surface area (TPSA) is 116 Å². The first-order chi connectivity index (χ1) is 16.9. The molecular formula is C27H30N2O6. The molecule has 0 radical (unpaired) electrons. The van der Waals surface area contributed by atoms with Crippen LogP contribution in [0.15, 0.2) is 48.5 Å². The summed E-state index contributed by atoms with van der Waals surface area (Å²) in [6, 6.07) is 15.2. The Kier molecular flexibility index (Phi) is 6.47. The molecular weight excluding hydrogens is 448 g/mol. The molecule has 2 fully saturated rings. The fourth-order valence-electron chi connectivity index (χ4n) is 5.41.